The summed E-state index contributed by atoms with van der Waals surface area (Å²) in [6.45, 7) is 0. The SMILES string of the molecule is [2H]c1c([2H])c([2H])c2c([2H])c(-c3c4ccccc4c(Cc4cccc5oc6c([2H])c7c([2H])c([2H])c([2H])c([2H])c7c([2H])c6c45)c4ccccc34)c([2H])c([2H])c2c1[2H]. The first kappa shape index (κ1) is 14.0. The van der Waals surface area contributed by atoms with Gasteiger partial charge in [-0.3, -0.25) is 0 Å². The average molecular weight is 548 g/mol. The third kappa shape index (κ3) is 3.50. The van der Waals surface area contributed by atoms with Gasteiger partial charge in [0.25, 0.3) is 0 Å². The Balaban J connectivity index is 1.37. The summed E-state index contributed by atoms with van der Waals surface area (Å²) in [4.78, 5) is 0. The molecule has 0 N–H and O–H groups in total. The lowest BCUT2D eigenvalue weighted by molar-refractivity contribution is 0.669. The van der Waals surface area contributed by atoms with Crippen molar-refractivity contribution >= 4 is 65.0 Å². The Morgan fingerprint density at radius 2 is 1.12 bits per heavy atom. The van der Waals surface area contributed by atoms with E-state index < -0.39 is 54.4 Å². The molecule has 1 heteroatoms. The van der Waals surface area contributed by atoms with E-state index in [0.29, 0.717) is 27.3 Å². The van der Waals surface area contributed by atoms with Crippen LogP contribution in [0.15, 0.2) is 150 Å². The highest BCUT2D eigenvalue weighted by atomic mass is 16.3. The number of fused-ring (bicyclic) bond motifs is 7. The number of furan rings is 1. The zero-order valence-electron chi connectivity index (χ0n) is 35.0. The Morgan fingerprint density at radius 3 is 1.83 bits per heavy atom. The van der Waals surface area contributed by atoms with E-state index in [9.17, 15) is 4.11 Å². The van der Waals surface area contributed by atoms with Crippen molar-refractivity contribution in [2.24, 2.45) is 0 Å². The molecule has 8 aromatic carbocycles. The van der Waals surface area contributed by atoms with Crippen LogP contribution >= 0.6 is 0 Å². The van der Waals surface area contributed by atoms with Gasteiger partial charge in [0.1, 0.15) is 11.2 Å². The van der Waals surface area contributed by atoms with Gasteiger partial charge in [0, 0.05) is 10.8 Å². The molecule has 1 aromatic heterocycles. The summed E-state index contributed by atoms with van der Waals surface area (Å²) in [6, 6.07) is 15.1. The Kier molecular flexibility index (Phi) is 3.01. The van der Waals surface area contributed by atoms with E-state index in [1.165, 1.54) is 0 Å². The molecule has 0 bridgehead atoms. The van der Waals surface area contributed by atoms with Crippen LogP contribution in [0.3, 0.4) is 0 Å². The van der Waals surface area contributed by atoms with Gasteiger partial charge in [0.2, 0.25) is 0 Å². The molecule has 0 unspecified atom stereocenters. The first-order valence-corrected chi connectivity index (χ1v) is 13.5. The van der Waals surface area contributed by atoms with Gasteiger partial charge < -0.3 is 4.42 Å². The molecule has 0 aliphatic rings. The lowest BCUT2D eigenvalue weighted by Gasteiger charge is -2.18. The second-order valence-corrected chi connectivity index (χ2v) is 10.2. The third-order valence-corrected chi connectivity index (χ3v) is 7.89. The molecule has 0 amide bonds. The summed E-state index contributed by atoms with van der Waals surface area (Å²) >= 11 is 0. The number of rotatable bonds is 3. The van der Waals surface area contributed by atoms with Crippen molar-refractivity contribution in [3.8, 4) is 11.1 Å². The molecule has 0 atom stereocenters. The summed E-state index contributed by atoms with van der Waals surface area (Å²) in [5, 5.41) is 3.16. The molecule has 1 nitrogen and oxygen atoms in total. The second-order valence-electron chi connectivity index (χ2n) is 10.2. The van der Waals surface area contributed by atoms with E-state index >= 15 is 0 Å². The van der Waals surface area contributed by atoms with Crippen LogP contribution < -0.4 is 0 Å². The molecule has 0 saturated heterocycles. The van der Waals surface area contributed by atoms with Crippen LogP contribution in [0.2, 0.25) is 0 Å². The van der Waals surface area contributed by atoms with Gasteiger partial charge in [-0.05, 0) is 96.0 Å². The topological polar surface area (TPSA) is 13.1 Å². The molecule has 1 heterocycles. The van der Waals surface area contributed by atoms with E-state index in [0.717, 1.165) is 21.9 Å². The number of hydrogen-bond acceptors (Lipinski definition) is 1. The molecule has 42 heavy (non-hydrogen) atoms. The highest BCUT2D eigenvalue weighted by Gasteiger charge is 2.18. The quantitative estimate of drug-likeness (QED) is 0.201. The molecule has 0 spiro atoms. The summed E-state index contributed by atoms with van der Waals surface area (Å²) in [5.41, 5.74) is 2.55. The molecular weight excluding hydrogens is 508 g/mol. The lowest BCUT2D eigenvalue weighted by Crippen LogP contribution is -1.96. The Hall–Kier alpha value is -5.40. The maximum Gasteiger partial charge on any atom is 0.136 e. The zero-order valence-corrected chi connectivity index (χ0v) is 22.0. The Labute approximate surface area is 261 Å². The van der Waals surface area contributed by atoms with Crippen LogP contribution in [0.4, 0.5) is 0 Å². The van der Waals surface area contributed by atoms with Crippen molar-refractivity contribution in [1.29, 1.82) is 0 Å². The minimum Gasteiger partial charge on any atom is -0.456 e. The van der Waals surface area contributed by atoms with E-state index in [1.54, 1.807) is 12.1 Å². The fourth-order valence-electron chi connectivity index (χ4n) is 6.09. The Morgan fingerprint density at radius 1 is 0.500 bits per heavy atom. The molecule has 0 aliphatic carbocycles. The molecule has 0 fully saturated rings. The van der Waals surface area contributed by atoms with Gasteiger partial charge in [-0.25, -0.2) is 0 Å². The van der Waals surface area contributed by atoms with Gasteiger partial charge in [-0.1, -0.05) is 121 Å². The smallest absolute Gasteiger partial charge is 0.136 e. The van der Waals surface area contributed by atoms with Crippen LogP contribution in [0.1, 0.15) is 28.9 Å². The predicted octanol–water partition coefficient (Wildman–Crippen LogP) is 11.5. The third-order valence-electron chi connectivity index (χ3n) is 7.89. The van der Waals surface area contributed by atoms with E-state index in [-0.39, 0.29) is 68.7 Å². The van der Waals surface area contributed by atoms with Crippen LogP contribution in [-0.4, -0.2) is 0 Å². The lowest BCUT2D eigenvalue weighted by atomic mass is 9.85. The Bertz CT molecular complexity index is 3170. The van der Waals surface area contributed by atoms with Gasteiger partial charge in [0.15, 0.2) is 0 Å². The van der Waals surface area contributed by atoms with Crippen LogP contribution in [0.5, 0.6) is 0 Å². The van der Waals surface area contributed by atoms with Crippen molar-refractivity contribution in [1.82, 2.24) is 0 Å². The van der Waals surface area contributed by atoms with Gasteiger partial charge in [0.05, 0.1) is 17.8 Å². The molecule has 196 valence electrons. The normalized spacial score (nSPS) is 16.2. The zero-order chi connectivity index (χ0) is 38.9. The van der Waals surface area contributed by atoms with Gasteiger partial charge >= 0.3 is 0 Å². The standard InChI is InChI=1S/C41H26O/c1-2-11-27-22-31(21-20-26(27)10-1)40-34-17-7-5-15-32(34)36(33-16-6-8-18-35(33)40)24-30-14-9-19-38-41(30)37-23-28-12-3-4-13-29(28)25-39(37)42-38/h1-23,25H,24H2/i1D,2D,3D,4D,10D,11D,12D,13D,20D,21D,22D,23D,25D. The number of hydrogen-bond donors (Lipinski definition) is 0. The highest BCUT2D eigenvalue weighted by molar-refractivity contribution is 6.16. The van der Waals surface area contributed by atoms with E-state index in [4.69, 9.17) is 18.1 Å². The van der Waals surface area contributed by atoms with Crippen molar-refractivity contribution in [2.45, 2.75) is 6.42 Å². The van der Waals surface area contributed by atoms with Gasteiger partial charge in [-0.15, -0.1) is 0 Å². The fraction of sp³-hybridized carbons (Fsp3) is 0.0244. The minimum atomic E-state index is -0.535. The fourth-order valence-corrected chi connectivity index (χ4v) is 6.09. The molecule has 9 aromatic rings. The molecule has 0 aliphatic heterocycles. The van der Waals surface area contributed by atoms with Crippen LogP contribution in [-0.2, 0) is 6.42 Å². The minimum absolute atomic E-state index is 0.0430. The first-order chi connectivity index (χ1) is 26.3. The second kappa shape index (κ2) is 9.06. The molecule has 0 radical (unpaired) electrons. The first-order valence-electron chi connectivity index (χ1n) is 20.0. The summed E-state index contributed by atoms with van der Waals surface area (Å²) < 4.78 is 119. The highest BCUT2D eigenvalue weighted by Crippen LogP contribution is 2.42. The summed E-state index contributed by atoms with van der Waals surface area (Å²) in [5.74, 6) is 0. The predicted molar refractivity (Wildman–Crippen MR) is 178 cm³/mol. The molecular formula is C41H26O. The van der Waals surface area contributed by atoms with E-state index in [1.807, 2.05) is 54.6 Å². The largest absolute Gasteiger partial charge is 0.456 e. The summed E-state index contributed by atoms with van der Waals surface area (Å²) in [6.07, 6.45) is 0.279. The van der Waals surface area contributed by atoms with Crippen LogP contribution in [0.25, 0.3) is 76.2 Å². The van der Waals surface area contributed by atoms with Gasteiger partial charge in [-0.2, -0.15) is 0 Å². The van der Waals surface area contributed by atoms with Crippen LogP contribution in [0, 0.1) is 0 Å². The van der Waals surface area contributed by atoms with Crippen molar-refractivity contribution in [2.75, 3.05) is 0 Å². The average Bonchev–Trinajstić information content (AvgIpc) is 3.59. The maximum absolute atomic E-state index is 9.36. The number of benzene rings is 8. The monoisotopic (exact) mass is 547 g/mol. The van der Waals surface area contributed by atoms with Crippen molar-refractivity contribution < 1.29 is 22.2 Å². The molecule has 0 saturated carbocycles. The molecule has 9 rings (SSSR count). The van der Waals surface area contributed by atoms with Crippen molar-refractivity contribution in [3.63, 3.8) is 0 Å². The van der Waals surface area contributed by atoms with E-state index in [2.05, 4.69) is 0 Å². The maximum atomic E-state index is 9.36. The summed E-state index contributed by atoms with van der Waals surface area (Å²) in [7, 11) is 0. The van der Waals surface area contributed by atoms with Crippen molar-refractivity contribution in [3.05, 3.63) is 156 Å².